The largest absolute Gasteiger partial charge is 0.486 e. The molecule has 9 heteroatoms. The molecule has 0 atom stereocenters. The Balaban J connectivity index is 1.49. The molecular formula is C23H25ClN4O3S. The Morgan fingerprint density at radius 1 is 1.28 bits per heavy atom. The summed E-state index contributed by atoms with van der Waals surface area (Å²) in [6.07, 6.45) is 2.36. The summed E-state index contributed by atoms with van der Waals surface area (Å²) < 4.78 is 7.87. The van der Waals surface area contributed by atoms with Crippen LogP contribution in [-0.4, -0.2) is 39.4 Å². The lowest BCUT2D eigenvalue weighted by Crippen LogP contribution is -2.26. The molecule has 1 fully saturated rings. The number of carbonyl (C=O) groups excluding carboxylic acids is 2. The molecule has 0 saturated carbocycles. The first-order chi connectivity index (χ1) is 15.4. The van der Waals surface area contributed by atoms with Crippen molar-refractivity contribution in [3.63, 3.8) is 0 Å². The second-order valence-electron chi connectivity index (χ2n) is 7.75. The van der Waals surface area contributed by atoms with Gasteiger partial charge >= 0.3 is 0 Å². The van der Waals surface area contributed by atoms with Gasteiger partial charge in [0.15, 0.2) is 0 Å². The first-order valence-electron chi connectivity index (χ1n) is 10.5. The fourth-order valence-electron chi connectivity index (χ4n) is 3.93. The van der Waals surface area contributed by atoms with Gasteiger partial charge in [0.1, 0.15) is 17.4 Å². The number of carbonyl (C=O) groups is 2. The second kappa shape index (κ2) is 9.75. The molecule has 1 aliphatic heterocycles. The van der Waals surface area contributed by atoms with E-state index in [-0.39, 0.29) is 5.91 Å². The molecule has 168 valence electrons. The van der Waals surface area contributed by atoms with E-state index >= 15 is 0 Å². The first-order valence-corrected chi connectivity index (χ1v) is 11.8. The highest BCUT2D eigenvalue weighted by Gasteiger charge is 2.21. The number of primary amides is 1. The maximum absolute atomic E-state index is 11.9. The SMILES string of the molecule is Cc1c(C(N)=O)cc(-c2csc(COc3ccc(Cl)cc3)n2)n1CCCN1CCCC1=O. The topological polar surface area (TPSA) is 90.5 Å². The van der Waals surface area contributed by atoms with Gasteiger partial charge in [-0.05, 0) is 50.1 Å². The van der Waals surface area contributed by atoms with E-state index in [2.05, 4.69) is 4.57 Å². The molecule has 0 bridgehead atoms. The third-order valence-corrected chi connectivity index (χ3v) is 6.68. The molecular weight excluding hydrogens is 448 g/mol. The third kappa shape index (κ3) is 4.97. The highest BCUT2D eigenvalue weighted by molar-refractivity contribution is 7.09. The van der Waals surface area contributed by atoms with Gasteiger partial charge in [0, 0.05) is 42.2 Å². The molecule has 1 saturated heterocycles. The lowest BCUT2D eigenvalue weighted by atomic mass is 10.2. The quantitative estimate of drug-likeness (QED) is 0.503. The molecule has 7 nitrogen and oxygen atoms in total. The number of benzene rings is 1. The molecule has 2 aromatic heterocycles. The van der Waals surface area contributed by atoms with E-state index in [4.69, 9.17) is 27.1 Å². The molecule has 32 heavy (non-hydrogen) atoms. The molecule has 0 radical (unpaired) electrons. The fourth-order valence-corrected chi connectivity index (χ4v) is 4.75. The number of halogens is 1. The molecule has 2 N–H and O–H groups in total. The van der Waals surface area contributed by atoms with E-state index in [9.17, 15) is 9.59 Å². The van der Waals surface area contributed by atoms with Crippen LogP contribution in [0.1, 0.15) is 40.3 Å². The van der Waals surface area contributed by atoms with Gasteiger partial charge in [-0.3, -0.25) is 9.59 Å². The van der Waals surface area contributed by atoms with Crippen molar-refractivity contribution in [3.05, 3.63) is 57.0 Å². The van der Waals surface area contributed by atoms with Crippen LogP contribution in [0.5, 0.6) is 5.75 Å². The van der Waals surface area contributed by atoms with E-state index in [1.165, 1.54) is 11.3 Å². The zero-order valence-electron chi connectivity index (χ0n) is 17.8. The molecule has 1 aliphatic rings. The summed E-state index contributed by atoms with van der Waals surface area (Å²) in [6, 6.07) is 8.99. The van der Waals surface area contributed by atoms with Gasteiger partial charge in [0.05, 0.1) is 17.0 Å². The van der Waals surface area contributed by atoms with Gasteiger partial charge in [-0.1, -0.05) is 11.6 Å². The number of aromatic nitrogens is 2. The van der Waals surface area contributed by atoms with Crippen LogP contribution in [0.2, 0.25) is 5.02 Å². The van der Waals surface area contributed by atoms with Crippen molar-refractivity contribution in [1.82, 2.24) is 14.5 Å². The van der Waals surface area contributed by atoms with Crippen LogP contribution in [0.15, 0.2) is 35.7 Å². The molecule has 2 amide bonds. The van der Waals surface area contributed by atoms with Crippen LogP contribution in [0.25, 0.3) is 11.4 Å². The van der Waals surface area contributed by atoms with Crippen molar-refractivity contribution in [1.29, 1.82) is 0 Å². The van der Waals surface area contributed by atoms with Crippen molar-refractivity contribution in [2.45, 2.75) is 39.3 Å². The number of amides is 2. The number of rotatable bonds is 9. The Hall–Kier alpha value is -2.84. The lowest BCUT2D eigenvalue weighted by molar-refractivity contribution is -0.127. The van der Waals surface area contributed by atoms with Crippen molar-refractivity contribution >= 4 is 34.8 Å². The Kier molecular flexibility index (Phi) is 6.81. The average Bonchev–Trinajstić information content (AvgIpc) is 3.48. The minimum absolute atomic E-state index is 0.220. The fraction of sp³-hybridized carbons (Fsp3) is 0.348. The molecule has 0 aliphatic carbocycles. The highest BCUT2D eigenvalue weighted by Crippen LogP contribution is 2.28. The van der Waals surface area contributed by atoms with E-state index in [1.54, 1.807) is 18.2 Å². The molecule has 4 rings (SSSR count). The zero-order valence-corrected chi connectivity index (χ0v) is 19.4. The van der Waals surface area contributed by atoms with Crippen LogP contribution < -0.4 is 10.5 Å². The maximum atomic E-state index is 11.9. The number of hydrogen-bond acceptors (Lipinski definition) is 5. The van der Waals surface area contributed by atoms with Crippen LogP contribution in [0.3, 0.4) is 0 Å². The van der Waals surface area contributed by atoms with Crippen LogP contribution >= 0.6 is 22.9 Å². The summed E-state index contributed by atoms with van der Waals surface area (Å²) in [5.74, 6) is 0.480. The van der Waals surface area contributed by atoms with E-state index in [0.29, 0.717) is 36.7 Å². The number of likely N-dealkylation sites (tertiary alicyclic amines) is 1. The number of thiazole rings is 1. The predicted octanol–water partition coefficient (Wildman–Crippen LogP) is 4.26. The van der Waals surface area contributed by atoms with Gasteiger partial charge in [-0.25, -0.2) is 4.98 Å². The van der Waals surface area contributed by atoms with E-state index in [1.807, 2.05) is 29.3 Å². The van der Waals surface area contributed by atoms with Gasteiger partial charge in [0.2, 0.25) is 5.91 Å². The minimum atomic E-state index is -0.459. The van der Waals surface area contributed by atoms with Gasteiger partial charge in [-0.2, -0.15) is 0 Å². The molecule has 3 heterocycles. The van der Waals surface area contributed by atoms with Gasteiger partial charge in [0.25, 0.3) is 5.91 Å². The Labute approximate surface area is 195 Å². The first kappa shape index (κ1) is 22.4. The number of nitrogens with zero attached hydrogens (tertiary/aromatic N) is 3. The van der Waals surface area contributed by atoms with Crippen molar-refractivity contribution in [2.75, 3.05) is 13.1 Å². The molecule has 0 unspecified atom stereocenters. The monoisotopic (exact) mass is 472 g/mol. The normalized spacial score (nSPS) is 13.7. The highest BCUT2D eigenvalue weighted by atomic mass is 35.5. The van der Waals surface area contributed by atoms with Crippen molar-refractivity contribution in [3.8, 4) is 17.1 Å². The summed E-state index contributed by atoms with van der Waals surface area (Å²) in [6.45, 7) is 4.44. The Morgan fingerprint density at radius 3 is 2.75 bits per heavy atom. The number of ether oxygens (including phenoxy) is 1. The van der Waals surface area contributed by atoms with Crippen molar-refractivity contribution in [2.24, 2.45) is 5.73 Å². The Bertz CT molecular complexity index is 1120. The molecule has 0 spiro atoms. The van der Waals surface area contributed by atoms with E-state index in [0.717, 1.165) is 47.2 Å². The minimum Gasteiger partial charge on any atom is -0.486 e. The van der Waals surface area contributed by atoms with Gasteiger partial charge in [-0.15, -0.1) is 11.3 Å². The summed E-state index contributed by atoms with van der Waals surface area (Å²) in [5, 5.41) is 3.44. The summed E-state index contributed by atoms with van der Waals surface area (Å²) in [4.78, 5) is 30.4. The second-order valence-corrected chi connectivity index (χ2v) is 9.13. The van der Waals surface area contributed by atoms with Crippen LogP contribution in [0.4, 0.5) is 0 Å². The molecule has 3 aromatic rings. The lowest BCUT2D eigenvalue weighted by Gasteiger charge is -2.17. The smallest absolute Gasteiger partial charge is 0.250 e. The number of nitrogens with two attached hydrogens (primary N) is 1. The van der Waals surface area contributed by atoms with Crippen LogP contribution in [-0.2, 0) is 17.9 Å². The summed E-state index contributed by atoms with van der Waals surface area (Å²) in [5.41, 5.74) is 8.52. The van der Waals surface area contributed by atoms with E-state index < -0.39 is 5.91 Å². The summed E-state index contributed by atoms with van der Waals surface area (Å²) >= 11 is 7.41. The molecule has 1 aromatic carbocycles. The summed E-state index contributed by atoms with van der Waals surface area (Å²) in [7, 11) is 0. The third-order valence-electron chi connectivity index (χ3n) is 5.60. The van der Waals surface area contributed by atoms with Gasteiger partial charge < -0.3 is 19.9 Å². The maximum Gasteiger partial charge on any atom is 0.250 e. The zero-order chi connectivity index (χ0) is 22.7. The average molecular weight is 473 g/mol. The standard InChI is InChI=1S/C23H25ClN4O3S/c1-15-18(23(25)30)12-20(28(15)11-3-10-27-9-2-4-22(27)29)19-14-32-21(26-19)13-31-17-7-5-16(24)6-8-17/h5-8,12,14H,2-4,9-11,13H2,1H3,(H2,25,30). The Morgan fingerprint density at radius 2 is 2.06 bits per heavy atom. The number of hydrogen-bond donors (Lipinski definition) is 1. The van der Waals surface area contributed by atoms with Crippen molar-refractivity contribution < 1.29 is 14.3 Å². The van der Waals surface area contributed by atoms with Crippen LogP contribution in [0, 0.1) is 6.92 Å². The predicted molar refractivity (Wildman–Crippen MR) is 125 cm³/mol.